The molecule has 3 aromatic heterocycles. The Balaban J connectivity index is 1.40. The molecule has 0 radical (unpaired) electrons. The van der Waals surface area contributed by atoms with E-state index in [1.54, 1.807) is 43.7 Å². The molecule has 1 saturated carbocycles. The fourth-order valence-electron chi connectivity index (χ4n) is 4.44. The van der Waals surface area contributed by atoms with Gasteiger partial charge < -0.3 is 25.3 Å². The number of imidazole rings is 1. The topological polar surface area (TPSA) is 127 Å². The van der Waals surface area contributed by atoms with Gasteiger partial charge in [0, 0.05) is 38.4 Å². The number of pyridine rings is 1. The van der Waals surface area contributed by atoms with E-state index in [1.807, 2.05) is 0 Å². The molecule has 1 aliphatic rings. The number of hydrogen-bond donors (Lipinski definition) is 2. The summed E-state index contributed by atoms with van der Waals surface area (Å²) in [5, 5.41) is 3.10. The molecule has 1 aromatic carbocycles. The van der Waals surface area contributed by atoms with Crippen molar-refractivity contribution in [3.8, 4) is 5.75 Å². The Morgan fingerprint density at radius 3 is 2.51 bits per heavy atom. The highest BCUT2D eigenvalue weighted by molar-refractivity contribution is 6.36. The molecule has 0 atom stereocenters. The summed E-state index contributed by atoms with van der Waals surface area (Å²) >= 11 is 6.70. The van der Waals surface area contributed by atoms with E-state index in [-0.39, 0.29) is 45.6 Å². The van der Waals surface area contributed by atoms with Crippen molar-refractivity contribution in [2.75, 3.05) is 31.4 Å². The normalized spacial score (nSPS) is 13.9. The molecular weight excluding hydrogens is 587 g/mol. The molecule has 0 bridgehead atoms. The van der Waals surface area contributed by atoms with Crippen molar-refractivity contribution in [2.24, 2.45) is 18.7 Å². The van der Waals surface area contributed by atoms with E-state index in [4.69, 9.17) is 22.1 Å². The second-order valence-electron chi connectivity index (χ2n) is 10.4. The second-order valence-corrected chi connectivity index (χ2v) is 10.8. The van der Waals surface area contributed by atoms with Crippen LogP contribution in [0, 0.1) is 5.92 Å². The molecule has 3 heterocycles. The van der Waals surface area contributed by atoms with E-state index in [2.05, 4.69) is 25.3 Å². The quantitative estimate of drug-likeness (QED) is 0.252. The third-order valence-electron chi connectivity index (χ3n) is 6.74. The van der Waals surface area contributed by atoms with Crippen molar-refractivity contribution in [3.63, 3.8) is 0 Å². The average molecular weight is 616 g/mol. The number of nitrogens with two attached hydrogens (primary N) is 1. The maximum absolute atomic E-state index is 13.6. The number of benzene rings is 1. The lowest BCUT2D eigenvalue weighted by Crippen LogP contribution is -2.28. The second kappa shape index (κ2) is 11.7. The number of hydrogen-bond acceptors (Lipinski definition) is 9. The van der Waals surface area contributed by atoms with Gasteiger partial charge in [0.15, 0.2) is 23.0 Å². The van der Waals surface area contributed by atoms with Crippen LogP contribution in [-0.4, -0.2) is 56.5 Å². The number of halogens is 4. The van der Waals surface area contributed by atoms with Gasteiger partial charge >= 0.3 is 6.18 Å². The number of aromatic nitrogens is 5. The third-order valence-corrected chi connectivity index (χ3v) is 7.11. The summed E-state index contributed by atoms with van der Waals surface area (Å²) in [6, 6.07) is 3.77. The van der Waals surface area contributed by atoms with E-state index < -0.39 is 11.7 Å². The first-order valence-corrected chi connectivity index (χ1v) is 13.6. The van der Waals surface area contributed by atoms with E-state index in [0.29, 0.717) is 29.1 Å². The minimum Gasteiger partial charge on any atom is -0.450 e. The van der Waals surface area contributed by atoms with Crippen LogP contribution in [0.2, 0.25) is 5.02 Å². The van der Waals surface area contributed by atoms with Crippen LogP contribution in [0.1, 0.15) is 29.7 Å². The number of fused-ring (bicyclic) bond motifs is 1. The van der Waals surface area contributed by atoms with Crippen molar-refractivity contribution in [2.45, 2.75) is 25.6 Å². The number of nitrogens with one attached hydrogen (secondary N) is 1. The number of rotatable bonds is 9. The first-order chi connectivity index (χ1) is 20.3. The summed E-state index contributed by atoms with van der Waals surface area (Å²) in [6.45, 7) is 0.314. The van der Waals surface area contributed by atoms with Crippen LogP contribution in [-0.2, 0) is 24.6 Å². The van der Waals surface area contributed by atoms with Crippen LogP contribution >= 0.6 is 11.6 Å². The molecule has 1 aliphatic carbocycles. The molecule has 5 rings (SSSR count). The highest BCUT2D eigenvalue weighted by atomic mass is 35.5. The SMILES string of the molecule is CN(C)Cc1cc(Nc2nc3ncc(OC(=CN)c4cnc(N(C)C(=O)C5CC5)cn4)c(Cl)c3n2C)cc(C(F)(F)F)c1. The maximum Gasteiger partial charge on any atom is 0.416 e. The van der Waals surface area contributed by atoms with Crippen molar-refractivity contribution < 1.29 is 22.7 Å². The Morgan fingerprint density at radius 1 is 1.16 bits per heavy atom. The maximum atomic E-state index is 13.6. The van der Waals surface area contributed by atoms with Crippen LogP contribution in [0.5, 0.6) is 5.75 Å². The van der Waals surface area contributed by atoms with Crippen molar-refractivity contribution in [3.05, 3.63) is 64.8 Å². The van der Waals surface area contributed by atoms with Crippen LogP contribution in [0.25, 0.3) is 16.9 Å². The molecule has 0 aliphatic heterocycles. The Bertz CT molecular complexity index is 1700. The van der Waals surface area contributed by atoms with E-state index >= 15 is 0 Å². The summed E-state index contributed by atoms with van der Waals surface area (Å²) in [6.07, 6.45) is 2.65. The molecule has 1 amide bonds. The molecule has 11 nitrogen and oxygen atoms in total. The van der Waals surface area contributed by atoms with Gasteiger partial charge in [0.05, 0.1) is 24.2 Å². The molecule has 43 heavy (non-hydrogen) atoms. The summed E-state index contributed by atoms with van der Waals surface area (Å²) < 4.78 is 48.3. The Kier molecular flexibility index (Phi) is 8.16. The molecule has 15 heteroatoms. The standard InChI is InChI=1S/C28H29ClF3N9O2/c1-39(2)14-15-7-17(28(30,31)32)9-18(8-15)37-27-38-25-24(41(27)4)23(29)21(12-36-25)43-20(10-33)19-11-35-22(13-34-19)40(3)26(42)16-5-6-16/h7-13,16H,5-6,14,33H2,1-4H3,(H,36,37,38). The number of aryl methyl sites for hydroxylation is 1. The average Bonchev–Trinajstić information content (AvgIpc) is 3.76. The molecule has 226 valence electrons. The number of alkyl halides is 3. The van der Waals surface area contributed by atoms with Crippen molar-refractivity contribution >= 4 is 51.9 Å². The first-order valence-electron chi connectivity index (χ1n) is 13.2. The number of ether oxygens (including phenoxy) is 1. The Hall–Kier alpha value is -4.43. The highest BCUT2D eigenvalue weighted by Crippen LogP contribution is 2.37. The lowest BCUT2D eigenvalue weighted by atomic mass is 10.1. The van der Waals surface area contributed by atoms with E-state index in [9.17, 15) is 18.0 Å². The van der Waals surface area contributed by atoms with Crippen molar-refractivity contribution in [1.82, 2.24) is 29.4 Å². The molecule has 1 fully saturated rings. The van der Waals surface area contributed by atoms with Gasteiger partial charge in [-0.15, -0.1) is 0 Å². The summed E-state index contributed by atoms with van der Waals surface area (Å²) in [5.74, 6) is 0.911. The van der Waals surface area contributed by atoms with Gasteiger partial charge in [0.1, 0.15) is 16.2 Å². The fraction of sp³-hybridized carbons (Fsp3) is 0.321. The largest absolute Gasteiger partial charge is 0.450 e. The van der Waals surface area contributed by atoms with Gasteiger partial charge in [-0.3, -0.25) is 9.69 Å². The number of carbonyl (C=O) groups is 1. The van der Waals surface area contributed by atoms with Gasteiger partial charge in [0.2, 0.25) is 11.9 Å². The zero-order valence-electron chi connectivity index (χ0n) is 23.8. The highest BCUT2D eigenvalue weighted by Gasteiger charge is 2.33. The summed E-state index contributed by atoms with van der Waals surface area (Å²) in [5.41, 5.74) is 6.64. The number of amides is 1. The lowest BCUT2D eigenvalue weighted by molar-refractivity contribution is -0.137. The third kappa shape index (κ3) is 6.49. The van der Waals surface area contributed by atoms with E-state index in [0.717, 1.165) is 25.0 Å². The first kappa shape index (κ1) is 30.0. The Labute approximate surface area is 250 Å². The molecule has 0 spiro atoms. The number of carbonyl (C=O) groups excluding carboxylic acids is 1. The smallest absolute Gasteiger partial charge is 0.416 e. The molecule has 0 saturated heterocycles. The van der Waals surface area contributed by atoms with Crippen LogP contribution in [0.4, 0.5) is 30.6 Å². The van der Waals surface area contributed by atoms with Crippen LogP contribution < -0.4 is 20.7 Å². The van der Waals surface area contributed by atoms with Gasteiger partial charge in [-0.1, -0.05) is 11.6 Å². The van der Waals surface area contributed by atoms with Crippen LogP contribution in [0.3, 0.4) is 0 Å². The molecular formula is C28H29ClF3N9O2. The zero-order chi connectivity index (χ0) is 31.1. The van der Waals surface area contributed by atoms with Gasteiger partial charge in [-0.25, -0.2) is 15.0 Å². The summed E-state index contributed by atoms with van der Waals surface area (Å²) in [4.78, 5) is 33.0. The van der Waals surface area contributed by atoms with Crippen LogP contribution in [0.15, 0.2) is 43.0 Å². The lowest BCUT2D eigenvalue weighted by Gasteiger charge is -2.16. The molecule has 0 unspecified atom stereocenters. The summed E-state index contributed by atoms with van der Waals surface area (Å²) in [7, 11) is 6.84. The minimum atomic E-state index is -4.52. The van der Waals surface area contributed by atoms with E-state index in [1.165, 1.54) is 29.7 Å². The van der Waals surface area contributed by atoms with Gasteiger partial charge in [-0.05, 0) is 50.7 Å². The Morgan fingerprint density at radius 2 is 1.91 bits per heavy atom. The predicted octanol–water partition coefficient (Wildman–Crippen LogP) is 4.94. The monoisotopic (exact) mass is 615 g/mol. The molecule has 3 N–H and O–H groups in total. The minimum absolute atomic E-state index is 0.00820. The predicted molar refractivity (Wildman–Crippen MR) is 157 cm³/mol. The number of nitrogens with zero attached hydrogens (tertiary/aromatic N) is 7. The fourth-order valence-corrected chi connectivity index (χ4v) is 4.74. The van der Waals surface area contributed by atoms with Crippen molar-refractivity contribution in [1.29, 1.82) is 0 Å². The number of anilines is 3. The van der Waals surface area contributed by atoms with Gasteiger partial charge in [0.25, 0.3) is 0 Å². The van der Waals surface area contributed by atoms with Gasteiger partial charge in [-0.2, -0.15) is 18.2 Å². The zero-order valence-corrected chi connectivity index (χ0v) is 24.5. The molecule has 4 aromatic rings.